The molecule has 1 aliphatic carbocycles. The standard InChI is InChI=1S/C12H23N3OS/c1-3-6-14-11(16)8-15(2)9-12(4-5-12)7-10(13)17/h3-9H2,1-2H3,(H2,13,17)(H,14,16). The summed E-state index contributed by atoms with van der Waals surface area (Å²) >= 11 is 4.96. The lowest BCUT2D eigenvalue weighted by molar-refractivity contribution is -0.122. The van der Waals surface area contributed by atoms with Gasteiger partial charge in [0.25, 0.3) is 0 Å². The van der Waals surface area contributed by atoms with E-state index in [1.807, 2.05) is 14.0 Å². The maximum Gasteiger partial charge on any atom is 0.234 e. The minimum atomic E-state index is 0.0977. The van der Waals surface area contributed by atoms with Crippen LogP contribution < -0.4 is 11.1 Å². The van der Waals surface area contributed by atoms with Crippen molar-refractivity contribution in [2.75, 3.05) is 26.7 Å². The van der Waals surface area contributed by atoms with Crippen molar-refractivity contribution < 1.29 is 4.79 Å². The Balaban J connectivity index is 2.27. The lowest BCUT2D eigenvalue weighted by atomic mass is 10.0. The monoisotopic (exact) mass is 257 g/mol. The van der Waals surface area contributed by atoms with Gasteiger partial charge in [-0.3, -0.25) is 9.69 Å². The molecule has 3 N–H and O–H groups in total. The molecule has 17 heavy (non-hydrogen) atoms. The van der Waals surface area contributed by atoms with Gasteiger partial charge in [0.15, 0.2) is 0 Å². The van der Waals surface area contributed by atoms with Gasteiger partial charge in [0.1, 0.15) is 0 Å². The van der Waals surface area contributed by atoms with Crippen LogP contribution in [0.15, 0.2) is 0 Å². The number of thiocarbonyl (C=S) groups is 1. The minimum absolute atomic E-state index is 0.0977. The summed E-state index contributed by atoms with van der Waals surface area (Å²) in [4.78, 5) is 14.2. The molecule has 1 fully saturated rings. The molecule has 0 aromatic carbocycles. The number of hydrogen-bond donors (Lipinski definition) is 2. The average Bonchev–Trinajstić information content (AvgIpc) is 2.92. The molecule has 0 unspecified atom stereocenters. The number of amides is 1. The second kappa shape index (κ2) is 6.31. The minimum Gasteiger partial charge on any atom is -0.393 e. The van der Waals surface area contributed by atoms with Gasteiger partial charge in [-0.2, -0.15) is 0 Å². The summed E-state index contributed by atoms with van der Waals surface area (Å²) in [5, 5.41) is 2.88. The molecule has 0 radical (unpaired) electrons. The van der Waals surface area contributed by atoms with Crippen LogP contribution in [0.25, 0.3) is 0 Å². The highest BCUT2D eigenvalue weighted by Gasteiger charge is 2.43. The van der Waals surface area contributed by atoms with E-state index in [9.17, 15) is 4.79 Å². The van der Waals surface area contributed by atoms with Gasteiger partial charge in [0.2, 0.25) is 5.91 Å². The maximum absolute atomic E-state index is 11.5. The number of carbonyl (C=O) groups excluding carboxylic acids is 1. The van der Waals surface area contributed by atoms with Crippen LogP contribution in [0.3, 0.4) is 0 Å². The SMILES string of the molecule is CCCNC(=O)CN(C)CC1(CC(N)=S)CC1. The van der Waals surface area contributed by atoms with Crippen LogP contribution in [0.5, 0.6) is 0 Å². The number of carbonyl (C=O) groups is 1. The van der Waals surface area contributed by atoms with Gasteiger partial charge >= 0.3 is 0 Å². The number of hydrogen-bond acceptors (Lipinski definition) is 3. The van der Waals surface area contributed by atoms with Crippen LogP contribution in [0.2, 0.25) is 0 Å². The second-order valence-electron chi connectivity index (χ2n) is 5.17. The van der Waals surface area contributed by atoms with Gasteiger partial charge in [0, 0.05) is 19.5 Å². The molecule has 0 aliphatic heterocycles. The van der Waals surface area contributed by atoms with Crippen molar-refractivity contribution in [3.05, 3.63) is 0 Å². The molecular weight excluding hydrogens is 234 g/mol. The van der Waals surface area contributed by atoms with E-state index < -0.39 is 0 Å². The topological polar surface area (TPSA) is 58.4 Å². The average molecular weight is 257 g/mol. The third kappa shape index (κ3) is 5.46. The Morgan fingerprint density at radius 2 is 2.18 bits per heavy atom. The number of rotatable bonds is 8. The van der Waals surface area contributed by atoms with Crippen LogP contribution in [0, 0.1) is 5.41 Å². The first-order valence-electron chi connectivity index (χ1n) is 6.21. The third-order valence-corrected chi connectivity index (χ3v) is 3.24. The van der Waals surface area contributed by atoms with Gasteiger partial charge < -0.3 is 11.1 Å². The van der Waals surface area contributed by atoms with Crippen molar-refractivity contribution in [1.29, 1.82) is 0 Å². The number of nitrogens with zero attached hydrogens (tertiary/aromatic N) is 1. The Morgan fingerprint density at radius 3 is 2.65 bits per heavy atom. The summed E-state index contributed by atoms with van der Waals surface area (Å²) in [6.45, 7) is 4.17. The predicted molar refractivity (Wildman–Crippen MR) is 73.9 cm³/mol. The molecule has 0 saturated heterocycles. The van der Waals surface area contributed by atoms with Gasteiger partial charge in [0.05, 0.1) is 11.5 Å². The van der Waals surface area contributed by atoms with Crippen LogP contribution in [0.4, 0.5) is 0 Å². The van der Waals surface area contributed by atoms with Crippen molar-refractivity contribution in [3.8, 4) is 0 Å². The zero-order valence-corrected chi connectivity index (χ0v) is 11.6. The predicted octanol–water partition coefficient (Wildman–Crippen LogP) is 0.901. The van der Waals surface area contributed by atoms with E-state index in [2.05, 4.69) is 10.2 Å². The van der Waals surface area contributed by atoms with E-state index in [0.717, 1.165) is 25.9 Å². The normalized spacial score (nSPS) is 16.9. The van der Waals surface area contributed by atoms with Gasteiger partial charge in [-0.05, 0) is 31.7 Å². The van der Waals surface area contributed by atoms with E-state index in [-0.39, 0.29) is 11.3 Å². The Hall–Kier alpha value is -0.680. The molecule has 0 bridgehead atoms. The zero-order valence-electron chi connectivity index (χ0n) is 10.8. The van der Waals surface area contributed by atoms with Gasteiger partial charge in [-0.1, -0.05) is 19.1 Å². The molecule has 0 spiro atoms. The number of nitrogens with two attached hydrogens (primary N) is 1. The summed E-state index contributed by atoms with van der Waals surface area (Å²) < 4.78 is 0. The molecule has 1 saturated carbocycles. The molecule has 5 heteroatoms. The van der Waals surface area contributed by atoms with Crippen LogP contribution in [-0.4, -0.2) is 42.5 Å². The fraction of sp³-hybridized carbons (Fsp3) is 0.833. The highest BCUT2D eigenvalue weighted by Crippen LogP contribution is 2.49. The summed E-state index contributed by atoms with van der Waals surface area (Å²) in [5.41, 5.74) is 5.85. The van der Waals surface area contributed by atoms with Crippen molar-refractivity contribution >= 4 is 23.1 Å². The molecule has 1 aliphatic rings. The molecular formula is C12H23N3OS. The van der Waals surface area contributed by atoms with E-state index in [1.165, 1.54) is 12.8 Å². The van der Waals surface area contributed by atoms with Crippen molar-refractivity contribution in [1.82, 2.24) is 10.2 Å². The smallest absolute Gasteiger partial charge is 0.234 e. The van der Waals surface area contributed by atoms with Crippen molar-refractivity contribution in [3.63, 3.8) is 0 Å². The third-order valence-electron chi connectivity index (χ3n) is 3.10. The fourth-order valence-electron chi connectivity index (χ4n) is 2.13. The highest BCUT2D eigenvalue weighted by atomic mass is 32.1. The molecule has 0 aromatic rings. The number of nitrogens with one attached hydrogen (secondary N) is 1. The van der Waals surface area contributed by atoms with E-state index in [0.29, 0.717) is 11.5 Å². The lowest BCUT2D eigenvalue weighted by Crippen LogP contribution is -2.38. The van der Waals surface area contributed by atoms with E-state index in [4.69, 9.17) is 18.0 Å². The summed E-state index contributed by atoms with van der Waals surface area (Å²) in [6.07, 6.45) is 4.13. The Kier molecular flexibility index (Phi) is 5.33. The molecule has 0 atom stereocenters. The second-order valence-corrected chi connectivity index (χ2v) is 5.69. The van der Waals surface area contributed by atoms with Gasteiger partial charge in [-0.15, -0.1) is 0 Å². The van der Waals surface area contributed by atoms with Crippen LogP contribution >= 0.6 is 12.2 Å². The molecule has 4 nitrogen and oxygen atoms in total. The van der Waals surface area contributed by atoms with E-state index >= 15 is 0 Å². The Labute approximate surface area is 109 Å². The fourth-order valence-corrected chi connectivity index (χ4v) is 2.44. The molecule has 1 rings (SSSR count). The summed E-state index contributed by atoms with van der Waals surface area (Å²) in [6, 6.07) is 0. The quantitative estimate of drug-likeness (QED) is 0.634. The Morgan fingerprint density at radius 1 is 1.53 bits per heavy atom. The highest BCUT2D eigenvalue weighted by molar-refractivity contribution is 7.80. The summed E-state index contributed by atoms with van der Waals surface area (Å²) in [7, 11) is 1.98. The maximum atomic E-state index is 11.5. The largest absolute Gasteiger partial charge is 0.393 e. The molecule has 98 valence electrons. The zero-order chi connectivity index (χ0) is 12.9. The van der Waals surface area contributed by atoms with Crippen LogP contribution in [0.1, 0.15) is 32.6 Å². The van der Waals surface area contributed by atoms with Crippen molar-refractivity contribution in [2.24, 2.45) is 11.1 Å². The molecule has 0 aromatic heterocycles. The molecule has 0 heterocycles. The summed E-state index contributed by atoms with van der Waals surface area (Å²) in [5.74, 6) is 0.0977. The van der Waals surface area contributed by atoms with Crippen molar-refractivity contribution in [2.45, 2.75) is 32.6 Å². The first-order chi connectivity index (χ1) is 7.97. The first-order valence-corrected chi connectivity index (χ1v) is 6.62. The lowest BCUT2D eigenvalue weighted by Gasteiger charge is -2.22. The van der Waals surface area contributed by atoms with Crippen LogP contribution in [-0.2, 0) is 4.79 Å². The molecule has 1 amide bonds. The van der Waals surface area contributed by atoms with E-state index in [1.54, 1.807) is 0 Å². The van der Waals surface area contributed by atoms with Gasteiger partial charge in [-0.25, -0.2) is 0 Å². The Bertz CT molecular complexity index is 289. The first kappa shape index (κ1) is 14.4. The number of likely N-dealkylation sites (N-methyl/N-ethyl adjacent to an activating group) is 1.